The van der Waals surface area contributed by atoms with Crippen LogP contribution in [-0.4, -0.2) is 11.1 Å². The number of aryl methyl sites for hydroxylation is 1. The predicted octanol–water partition coefficient (Wildman–Crippen LogP) is 5.55. The van der Waals surface area contributed by atoms with Gasteiger partial charge in [-0.15, -0.1) is 0 Å². The van der Waals surface area contributed by atoms with Crippen LogP contribution in [0.2, 0.25) is 0 Å². The summed E-state index contributed by atoms with van der Waals surface area (Å²) in [7, 11) is 0. The lowest BCUT2D eigenvalue weighted by Gasteiger charge is -2.15. The number of nitriles is 1. The van der Waals surface area contributed by atoms with Crippen molar-refractivity contribution < 1.29 is 9.13 Å². The maximum Gasteiger partial charge on any atom is 0.140 e. The van der Waals surface area contributed by atoms with Crippen LogP contribution in [0.1, 0.15) is 30.9 Å². The van der Waals surface area contributed by atoms with Crippen LogP contribution in [0.15, 0.2) is 67.0 Å². The fraction of sp³-hybridized carbons (Fsp3) is 0.217. The monoisotopic (exact) mass is 360 g/mol. The maximum absolute atomic E-state index is 13.5. The Hall–Kier alpha value is -3.19. The molecule has 27 heavy (non-hydrogen) atoms. The molecular weight excluding hydrogens is 339 g/mol. The Labute approximate surface area is 159 Å². The zero-order valence-electron chi connectivity index (χ0n) is 15.2. The molecule has 2 aromatic carbocycles. The lowest BCUT2D eigenvalue weighted by atomic mass is 10.0. The van der Waals surface area contributed by atoms with Crippen LogP contribution in [0, 0.1) is 17.1 Å². The standard InChI is InChI=1S/C23H21FN2O/c1-17(4-2-5-18-6-3-13-26-16-18)27-22-10-7-19(8-11-22)20-9-12-23(24)21(14-20)15-25/h3,6-14,16-17H,2,4-5H2,1H3/t17-/m0/s1. The van der Waals surface area contributed by atoms with E-state index in [1.807, 2.05) is 42.6 Å². The Kier molecular flexibility index (Phi) is 6.17. The first kappa shape index (κ1) is 18.6. The van der Waals surface area contributed by atoms with Crippen molar-refractivity contribution in [2.45, 2.75) is 32.3 Å². The SMILES string of the molecule is C[C@@H](CCCc1cccnc1)Oc1ccc(-c2ccc(F)c(C#N)c2)cc1. The van der Waals surface area contributed by atoms with Crippen molar-refractivity contribution in [2.24, 2.45) is 0 Å². The molecule has 3 nitrogen and oxygen atoms in total. The van der Waals surface area contributed by atoms with Crippen molar-refractivity contribution in [3.05, 3.63) is 83.9 Å². The molecule has 0 aliphatic heterocycles. The van der Waals surface area contributed by atoms with Crippen LogP contribution in [-0.2, 0) is 6.42 Å². The minimum absolute atomic E-state index is 0.0510. The van der Waals surface area contributed by atoms with Gasteiger partial charge in [-0.2, -0.15) is 5.26 Å². The molecule has 0 spiro atoms. The molecule has 0 aliphatic rings. The Morgan fingerprint density at radius 2 is 1.89 bits per heavy atom. The van der Waals surface area contributed by atoms with Gasteiger partial charge in [0.05, 0.1) is 11.7 Å². The zero-order valence-corrected chi connectivity index (χ0v) is 15.2. The van der Waals surface area contributed by atoms with Crippen molar-refractivity contribution >= 4 is 0 Å². The van der Waals surface area contributed by atoms with Gasteiger partial charge in [-0.1, -0.05) is 24.3 Å². The first-order chi connectivity index (χ1) is 13.2. The van der Waals surface area contributed by atoms with Crippen molar-refractivity contribution in [2.75, 3.05) is 0 Å². The average molecular weight is 360 g/mol. The number of pyridine rings is 1. The number of nitrogens with zero attached hydrogens (tertiary/aromatic N) is 2. The van der Waals surface area contributed by atoms with Gasteiger partial charge in [-0.05, 0) is 73.2 Å². The summed E-state index contributed by atoms with van der Waals surface area (Å²) in [4.78, 5) is 4.13. The highest BCUT2D eigenvalue weighted by molar-refractivity contribution is 5.66. The van der Waals surface area contributed by atoms with Crippen LogP contribution in [0.5, 0.6) is 5.75 Å². The predicted molar refractivity (Wildman–Crippen MR) is 104 cm³/mol. The number of rotatable bonds is 7. The van der Waals surface area contributed by atoms with Crippen LogP contribution in [0.25, 0.3) is 11.1 Å². The van der Waals surface area contributed by atoms with E-state index < -0.39 is 5.82 Å². The molecule has 3 aromatic rings. The average Bonchev–Trinajstić information content (AvgIpc) is 2.70. The van der Waals surface area contributed by atoms with E-state index in [1.54, 1.807) is 18.3 Å². The summed E-state index contributed by atoms with van der Waals surface area (Å²) in [6.07, 6.45) is 6.79. The molecule has 0 radical (unpaired) electrons. The Morgan fingerprint density at radius 1 is 1.11 bits per heavy atom. The number of ether oxygens (including phenoxy) is 1. The van der Waals surface area contributed by atoms with E-state index in [0.29, 0.717) is 0 Å². The first-order valence-electron chi connectivity index (χ1n) is 9.01. The van der Waals surface area contributed by atoms with E-state index in [-0.39, 0.29) is 11.7 Å². The molecule has 0 N–H and O–H groups in total. The van der Waals surface area contributed by atoms with Crippen molar-refractivity contribution in [3.8, 4) is 22.9 Å². The van der Waals surface area contributed by atoms with Crippen molar-refractivity contribution in [1.29, 1.82) is 5.26 Å². The third kappa shape index (κ3) is 5.15. The molecule has 0 saturated carbocycles. The summed E-state index contributed by atoms with van der Waals surface area (Å²) < 4.78 is 19.4. The number of hydrogen-bond acceptors (Lipinski definition) is 3. The molecule has 0 fully saturated rings. The van der Waals surface area contributed by atoms with Gasteiger partial charge in [0.1, 0.15) is 17.6 Å². The van der Waals surface area contributed by atoms with Gasteiger partial charge < -0.3 is 4.74 Å². The van der Waals surface area contributed by atoms with Crippen LogP contribution in [0.4, 0.5) is 4.39 Å². The van der Waals surface area contributed by atoms with Crippen LogP contribution < -0.4 is 4.74 Å². The molecule has 0 aliphatic carbocycles. The van der Waals surface area contributed by atoms with Crippen molar-refractivity contribution in [3.63, 3.8) is 0 Å². The van der Waals surface area contributed by atoms with E-state index in [1.165, 1.54) is 11.6 Å². The highest BCUT2D eigenvalue weighted by atomic mass is 19.1. The second-order valence-electron chi connectivity index (χ2n) is 6.51. The van der Waals surface area contributed by atoms with Gasteiger partial charge in [0.2, 0.25) is 0 Å². The first-order valence-corrected chi connectivity index (χ1v) is 9.01. The lowest BCUT2D eigenvalue weighted by Crippen LogP contribution is -2.11. The third-order valence-electron chi connectivity index (χ3n) is 4.41. The Morgan fingerprint density at radius 3 is 2.59 bits per heavy atom. The molecule has 1 heterocycles. The quantitative estimate of drug-likeness (QED) is 0.555. The minimum Gasteiger partial charge on any atom is -0.491 e. The minimum atomic E-state index is -0.499. The van der Waals surface area contributed by atoms with Gasteiger partial charge in [0, 0.05) is 12.4 Å². The summed E-state index contributed by atoms with van der Waals surface area (Å²) in [6, 6.07) is 18.1. The summed E-state index contributed by atoms with van der Waals surface area (Å²) in [6.45, 7) is 2.07. The molecule has 0 saturated heterocycles. The molecule has 0 amide bonds. The van der Waals surface area contributed by atoms with E-state index in [9.17, 15) is 4.39 Å². The largest absolute Gasteiger partial charge is 0.491 e. The Balaban J connectivity index is 1.55. The lowest BCUT2D eigenvalue weighted by molar-refractivity contribution is 0.208. The third-order valence-corrected chi connectivity index (χ3v) is 4.41. The summed E-state index contributed by atoms with van der Waals surface area (Å²) in [5.74, 6) is 0.302. The summed E-state index contributed by atoms with van der Waals surface area (Å²) in [5.41, 5.74) is 3.02. The highest BCUT2D eigenvalue weighted by Gasteiger charge is 2.07. The van der Waals surface area contributed by atoms with Gasteiger partial charge in [-0.25, -0.2) is 4.39 Å². The summed E-state index contributed by atoms with van der Waals surface area (Å²) in [5, 5.41) is 8.96. The van der Waals surface area contributed by atoms with Gasteiger partial charge in [-0.3, -0.25) is 4.98 Å². The molecule has 0 bridgehead atoms. The maximum atomic E-state index is 13.5. The number of benzene rings is 2. The fourth-order valence-electron chi connectivity index (χ4n) is 2.95. The topological polar surface area (TPSA) is 45.9 Å². The number of hydrogen-bond donors (Lipinski definition) is 0. The number of halogens is 1. The zero-order chi connectivity index (χ0) is 19.1. The van der Waals surface area contributed by atoms with Gasteiger partial charge in [0.15, 0.2) is 0 Å². The van der Waals surface area contributed by atoms with E-state index >= 15 is 0 Å². The molecule has 0 unspecified atom stereocenters. The smallest absolute Gasteiger partial charge is 0.140 e. The van der Waals surface area contributed by atoms with E-state index in [2.05, 4.69) is 18.0 Å². The normalized spacial score (nSPS) is 11.6. The fourth-order valence-corrected chi connectivity index (χ4v) is 2.95. The molecule has 1 atom stereocenters. The van der Waals surface area contributed by atoms with Crippen molar-refractivity contribution in [1.82, 2.24) is 4.98 Å². The van der Waals surface area contributed by atoms with Crippen LogP contribution >= 0.6 is 0 Å². The van der Waals surface area contributed by atoms with Gasteiger partial charge in [0.25, 0.3) is 0 Å². The molecule has 1 aromatic heterocycles. The molecular formula is C23H21FN2O. The second-order valence-corrected chi connectivity index (χ2v) is 6.51. The molecule has 4 heteroatoms. The molecule has 136 valence electrons. The van der Waals surface area contributed by atoms with E-state index in [4.69, 9.17) is 10.00 Å². The summed E-state index contributed by atoms with van der Waals surface area (Å²) >= 11 is 0. The molecule has 3 rings (SSSR count). The second kappa shape index (κ2) is 8.95. The van der Waals surface area contributed by atoms with Gasteiger partial charge >= 0.3 is 0 Å². The Bertz CT molecular complexity index is 917. The highest BCUT2D eigenvalue weighted by Crippen LogP contribution is 2.25. The number of aromatic nitrogens is 1. The van der Waals surface area contributed by atoms with Crippen LogP contribution in [0.3, 0.4) is 0 Å². The van der Waals surface area contributed by atoms with E-state index in [0.717, 1.165) is 36.1 Å².